The summed E-state index contributed by atoms with van der Waals surface area (Å²) in [6.07, 6.45) is 3.71. The minimum atomic E-state index is -0.619. The van der Waals surface area contributed by atoms with Crippen molar-refractivity contribution in [3.8, 4) is 0 Å². The van der Waals surface area contributed by atoms with Crippen LogP contribution >= 0.6 is 0 Å². The van der Waals surface area contributed by atoms with Gasteiger partial charge in [-0.15, -0.1) is 0 Å². The molecule has 0 bridgehead atoms. The summed E-state index contributed by atoms with van der Waals surface area (Å²) in [5, 5.41) is 4.05. The van der Waals surface area contributed by atoms with Crippen molar-refractivity contribution in [3.63, 3.8) is 0 Å². The summed E-state index contributed by atoms with van der Waals surface area (Å²) in [5.74, 6) is -0.479. The molecule has 0 aliphatic heterocycles. The number of carbonyl (C=O) groups is 1. The van der Waals surface area contributed by atoms with Gasteiger partial charge in [0.15, 0.2) is 0 Å². The lowest BCUT2D eigenvalue weighted by Crippen LogP contribution is -2.44. The third kappa shape index (κ3) is 3.69. The largest absolute Gasteiger partial charge is 0.368 e. The van der Waals surface area contributed by atoms with Crippen LogP contribution in [0.15, 0.2) is 12.4 Å². The monoisotopic (exact) mass is 211 g/mol. The first kappa shape index (κ1) is 11.7. The Labute approximate surface area is 88.8 Å². The Bertz CT molecular complexity index is 335. The van der Waals surface area contributed by atoms with E-state index >= 15 is 0 Å². The average Bonchev–Trinajstić information content (AvgIpc) is 2.50. The zero-order valence-electron chi connectivity index (χ0n) is 9.05. The van der Waals surface area contributed by atoms with Gasteiger partial charge in [0.1, 0.15) is 0 Å². The lowest BCUT2D eigenvalue weighted by atomic mass is 10.2. The number of carbonyl (C=O) groups excluding carboxylic acids is 1. The van der Waals surface area contributed by atoms with Gasteiger partial charge < -0.3 is 11.5 Å². The highest BCUT2D eigenvalue weighted by atomic mass is 16.1. The van der Waals surface area contributed by atoms with Crippen LogP contribution in [-0.4, -0.2) is 40.2 Å². The minimum absolute atomic E-state index is 0.449. The summed E-state index contributed by atoms with van der Waals surface area (Å²) in [6.45, 7) is 1.15. The summed E-state index contributed by atoms with van der Waals surface area (Å²) in [7, 11) is 3.74. The number of primary amides is 1. The number of hydrogen-bond donors (Lipinski definition) is 2. The molecule has 84 valence electrons. The molecule has 6 heteroatoms. The van der Waals surface area contributed by atoms with Crippen molar-refractivity contribution in [2.45, 2.75) is 12.6 Å². The van der Waals surface area contributed by atoms with Gasteiger partial charge in [-0.05, 0) is 7.05 Å². The summed E-state index contributed by atoms with van der Waals surface area (Å²) >= 11 is 0. The first-order valence-corrected chi connectivity index (χ1v) is 4.70. The van der Waals surface area contributed by atoms with E-state index in [4.69, 9.17) is 11.5 Å². The molecule has 0 aliphatic carbocycles. The number of rotatable bonds is 5. The Hall–Kier alpha value is -1.40. The molecule has 0 fully saturated rings. The highest BCUT2D eigenvalue weighted by Crippen LogP contribution is 2.01. The third-order valence-corrected chi connectivity index (χ3v) is 2.08. The maximum atomic E-state index is 10.7. The van der Waals surface area contributed by atoms with Crippen LogP contribution in [0.3, 0.4) is 0 Å². The summed E-state index contributed by atoms with van der Waals surface area (Å²) in [5.41, 5.74) is 11.7. The molecule has 1 aromatic rings. The molecule has 1 unspecified atom stereocenters. The standard InChI is InChI=1S/C9H17N5O/c1-13(6-8(10)9(11)15)4-7-3-12-14(2)5-7/h3,5,8H,4,6,10H2,1-2H3,(H2,11,15). The fourth-order valence-electron chi connectivity index (χ4n) is 1.36. The molecular weight excluding hydrogens is 194 g/mol. The molecule has 1 atom stereocenters. The van der Waals surface area contributed by atoms with Crippen molar-refractivity contribution in [3.05, 3.63) is 18.0 Å². The van der Waals surface area contributed by atoms with Gasteiger partial charge in [0.25, 0.3) is 0 Å². The van der Waals surface area contributed by atoms with Crippen LogP contribution < -0.4 is 11.5 Å². The molecular formula is C9H17N5O. The van der Waals surface area contributed by atoms with E-state index in [2.05, 4.69) is 5.10 Å². The normalized spacial score (nSPS) is 13.1. The molecule has 0 aliphatic rings. The van der Waals surface area contributed by atoms with Crippen molar-refractivity contribution in [1.29, 1.82) is 0 Å². The van der Waals surface area contributed by atoms with Crippen molar-refractivity contribution in [2.24, 2.45) is 18.5 Å². The second kappa shape index (κ2) is 4.90. The fourth-order valence-corrected chi connectivity index (χ4v) is 1.36. The molecule has 1 heterocycles. The molecule has 0 aromatic carbocycles. The van der Waals surface area contributed by atoms with Crippen molar-refractivity contribution in [1.82, 2.24) is 14.7 Å². The third-order valence-electron chi connectivity index (χ3n) is 2.08. The van der Waals surface area contributed by atoms with Crippen LogP contribution in [0.2, 0.25) is 0 Å². The number of aryl methyl sites for hydroxylation is 1. The Kier molecular flexibility index (Phi) is 3.81. The van der Waals surface area contributed by atoms with Crippen LogP contribution in [0.25, 0.3) is 0 Å². The molecule has 0 spiro atoms. The Morgan fingerprint density at radius 1 is 1.73 bits per heavy atom. The van der Waals surface area contributed by atoms with E-state index in [1.807, 2.05) is 25.2 Å². The van der Waals surface area contributed by atoms with Crippen LogP contribution in [-0.2, 0) is 18.4 Å². The zero-order valence-corrected chi connectivity index (χ0v) is 9.05. The highest BCUT2D eigenvalue weighted by molar-refractivity contribution is 5.79. The smallest absolute Gasteiger partial charge is 0.235 e. The molecule has 0 radical (unpaired) electrons. The highest BCUT2D eigenvalue weighted by Gasteiger charge is 2.12. The van der Waals surface area contributed by atoms with Gasteiger partial charge in [-0.1, -0.05) is 0 Å². The second-order valence-corrected chi connectivity index (χ2v) is 3.73. The lowest BCUT2D eigenvalue weighted by molar-refractivity contribution is -0.119. The Morgan fingerprint density at radius 2 is 2.40 bits per heavy atom. The lowest BCUT2D eigenvalue weighted by Gasteiger charge is -2.18. The van der Waals surface area contributed by atoms with E-state index < -0.39 is 11.9 Å². The molecule has 0 saturated carbocycles. The Balaban J connectivity index is 2.42. The van der Waals surface area contributed by atoms with Crippen molar-refractivity contribution >= 4 is 5.91 Å². The average molecular weight is 211 g/mol. The van der Waals surface area contributed by atoms with Gasteiger partial charge in [-0.25, -0.2) is 0 Å². The van der Waals surface area contributed by atoms with E-state index in [9.17, 15) is 4.79 Å². The van der Waals surface area contributed by atoms with Crippen LogP contribution in [0.4, 0.5) is 0 Å². The van der Waals surface area contributed by atoms with Crippen molar-refractivity contribution < 1.29 is 4.79 Å². The van der Waals surface area contributed by atoms with Gasteiger partial charge in [-0.3, -0.25) is 14.4 Å². The summed E-state index contributed by atoms with van der Waals surface area (Å²) in [4.78, 5) is 12.7. The number of hydrogen-bond acceptors (Lipinski definition) is 4. The van der Waals surface area contributed by atoms with E-state index in [0.29, 0.717) is 13.1 Å². The zero-order chi connectivity index (χ0) is 11.4. The quantitative estimate of drug-likeness (QED) is 0.631. The van der Waals surface area contributed by atoms with E-state index in [1.54, 1.807) is 10.9 Å². The van der Waals surface area contributed by atoms with E-state index in [0.717, 1.165) is 5.56 Å². The molecule has 15 heavy (non-hydrogen) atoms. The SMILES string of the molecule is CN(Cc1cnn(C)c1)CC(N)C(N)=O. The fraction of sp³-hybridized carbons (Fsp3) is 0.556. The van der Waals surface area contributed by atoms with Crippen LogP contribution in [0, 0.1) is 0 Å². The first-order chi connectivity index (χ1) is 6.99. The van der Waals surface area contributed by atoms with Gasteiger partial charge in [0.05, 0.1) is 12.2 Å². The van der Waals surface area contributed by atoms with Gasteiger partial charge in [-0.2, -0.15) is 5.10 Å². The molecule has 6 nitrogen and oxygen atoms in total. The molecule has 1 aromatic heterocycles. The molecule has 4 N–H and O–H groups in total. The molecule has 1 amide bonds. The summed E-state index contributed by atoms with van der Waals surface area (Å²) in [6, 6.07) is -0.619. The van der Waals surface area contributed by atoms with Crippen molar-refractivity contribution in [2.75, 3.05) is 13.6 Å². The Morgan fingerprint density at radius 3 is 2.87 bits per heavy atom. The number of aromatic nitrogens is 2. The number of amides is 1. The number of nitrogens with two attached hydrogens (primary N) is 2. The first-order valence-electron chi connectivity index (χ1n) is 4.70. The molecule has 1 rings (SSSR count). The van der Waals surface area contributed by atoms with Gasteiger partial charge in [0.2, 0.25) is 5.91 Å². The van der Waals surface area contributed by atoms with Crippen LogP contribution in [0.1, 0.15) is 5.56 Å². The van der Waals surface area contributed by atoms with E-state index in [1.165, 1.54) is 0 Å². The summed E-state index contributed by atoms with van der Waals surface area (Å²) < 4.78 is 1.73. The second-order valence-electron chi connectivity index (χ2n) is 3.73. The topological polar surface area (TPSA) is 90.2 Å². The number of likely N-dealkylation sites (N-methyl/N-ethyl adjacent to an activating group) is 1. The maximum Gasteiger partial charge on any atom is 0.235 e. The number of nitrogens with zero attached hydrogens (tertiary/aromatic N) is 3. The van der Waals surface area contributed by atoms with Crippen LogP contribution in [0.5, 0.6) is 0 Å². The predicted octanol–water partition coefficient (Wildman–Crippen LogP) is -1.34. The van der Waals surface area contributed by atoms with Gasteiger partial charge in [0, 0.05) is 31.9 Å². The minimum Gasteiger partial charge on any atom is -0.368 e. The molecule has 0 saturated heterocycles. The van der Waals surface area contributed by atoms with Gasteiger partial charge >= 0.3 is 0 Å². The predicted molar refractivity (Wildman–Crippen MR) is 56.7 cm³/mol. The maximum absolute atomic E-state index is 10.7. The van der Waals surface area contributed by atoms with E-state index in [-0.39, 0.29) is 0 Å².